The lowest BCUT2D eigenvalue weighted by atomic mass is 10.2. The standard InChI is InChI=1S/C18H24N4O3S2/c1-21(2)9-10-22(15-8-11-27(24,25)13-15)18(23)20-17-19-12-16(26-17)14-6-4-3-5-7-14/h3-7,12,15H,8-11,13H2,1-2H3,(H,19,20,23)/t15-/m1/s1. The number of sulfone groups is 1. The SMILES string of the molecule is CN(C)CCN(C(=O)Nc1ncc(-c2ccccc2)s1)[C@@H]1CCS(=O)(=O)C1. The summed E-state index contributed by atoms with van der Waals surface area (Å²) in [7, 11) is 0.784. The predicted octanol–water partition coefficient (Wildman–Crippen LogP) is 2.39. The van der Waals surface area contributed by atoms with Crippen molar-refractivity contribution in [3.63, 3.8) is 0 Å². The number of nitrogens with one attached hydrogen (secondary N) is 1. The Kier molecular flexibility index (Phi) is 6.13. The van der Waals surface area contributed by atoms with E-state index >= 15 is 0 Å². The van der Waals surface area contributed by atoms with E-state index in [1.165, 1.54) is 11.3 Å². The lowest BCUT2D eigenvalue weighted by Crippen LogP contribution is -2.46. The van der Waals surface area contributed by atoms with Crippen molar-refractivity contribution in [3.05, 3.63) is 36.5 Å². The third-order valence-corrected chi connectivity index (χ3v) is 7.19. The predicted molar refractivity (Wildman–Crippen MR) is 109 cm³/mol. The summed E-state index contributed by atoms with van der Waals surface area (Å²) in [6.07, 6.45) is 2.22. The molecular formula is C18H24N4O3S2. The molecule has 0 bridgehead atoms. The Bertz CT molecular complexity index is 881. The average Bonchev–Trinajstić information content (AvgIpc) is 3.22. The van der Waals surface area contributed by atoms with Gasteiger partial charge >= 0.3 is 6.03 Å². The molecular weight excluding hydrogens is 384 g/mol. The third kappa shape index (κ3) is 5.27. The number of urea groups is 1. The van der Waals surface area contributed by atoms with E-state index in [2.05, 4.69) is 10.3 Å². The van der Waals surface area contributed by atoms with Crippen molar-refractivity contribution < 1.29 is 13.2 Å². The van der Waals surface area contributed by atoms with E-state index in [0.29, 0.717) is 24.6 Å². The van der Waals surface area contributed by atoms with Gasteiger partial charge in [-0.3, -0.25) is 5.32 Å². The van der Waals surface area contributed by atoms with Crippen LogP contribution in [0.15, 0.2) is 36.5 Å². The molecule has 0 spiro atoms. The summed E-state index contributed by atoms with van der Waals surface area (Å²) in [4.78, 5) is 21.7. The second-order valence-corrected chi connectivity index (χ2v) is 10.1. The van der Waals surface area contributed by atoms with E-state index in [1.807, 2.05) is 49.3 Å². The Morgan fingerprint density at radius 3 is 2.63 bits per heavy atom. The summed E-state index contributed by atoms with van der Waals surface area (Å²) in [6.45, 7) is 1.13. The molecule has 1 fully saturated rings. The highest BCUT2D eigenvalue weighted by Gasteiger charge is 2.34. The summed E-state index contributed by atoms with van der Waals surface area (Å²) >= 11 is 1.40. The number of likely N-dealkylation sites (N-methyl/N-ethyl adjacent to an activating group) is 1. The quantitative estimate of drug-likeness (QED) is 0.794. The number of hydrogen-bond donors (Lipinski definition) is 1. The van der Waals surface area contributed by atoms with Crippen LogP contribution in [0.3, 0.4) is 0 Å². The average molecular weight is 409 g/mol. The lowest BCUT2D eigenvalue weighted by Gasteiger charge is -2.29. The van der Waals surface area contributed by atoms with Gasteiger partial charge in [0.1, 0.15) is 0 Å². The van der Waals surface area contributed by atoms with E-state index in [0.717, 1.165) is 10.4 Å². The van der Waals surface area contributed by atoms with Gasteiger partial charge in [-0.2, -0.15) is 0 Å². The third-order valence-electron chi connectivity index (χ3n) is 4.48. The van der Waals surface area contributed by atoms with Gasteiger partial charge in [0, 0.05) is 25.3 Å². The van der Waals surface area contributed by atoms with Crippen molar-refractivity contribution in [2.45, 2.75) is 12.5 Å². The zero-order chi connectivity index (χ0) is 19.4. The van der Waals surface area contributed by atoms with Gasteiger partial charge in [-0.1, -0.05) is 41.7 Å². The van der Waals surface area contributed by atoms with Gasteiger partial charge in [-0.15, -0.1) is 0 Å². The maximum absolute atomic E-state index is 12.8. The molecule has 0 saturated carbocycles. The Balaban J connectivity index is 1.71. The van der Waals surface area contributed by atoms with E-state index in [4.69, 9.17) is 0 Å². The van der Waals surface area contributed by atoms with Crippen molar-refractivity contribution in [3.8, 4) is 10.4 Å². The number of thiazole rings is 1. The van der Waals surface area contributed by atoms with Crippen molar-refractivity contribution >= 4 is 32.3 Å². The Labute approximate surface area is 163 Å². The van der Waals surface area contributed by atoms with Gasteiger partial charge in [0.2, 0.25) is 0 Å². The van der Waals surface area contributed by atoms with Crippen LogP contribution in [0, 0.1) is 0 Å². The molecule has 1 aromatic carbocycles. The molecule has 3 rings (SSSR count). The molecule has 7 nitrogen and oxygen atoms in total. The number of hydrogen-bond acceptors (Lipinski definition) is 6. The number of benzene rings is 1. The first-order valence-electron chi connectivity index (χ1n) is 8.78. The number of carbonyl (C=O) groups excluding carboxylic acids is 1. The highest BCUT2D eigenvalue weighted by molar-refractivity contribution is 7.91. The minimum Gasteiger partial charge on any atom is -0.319 e. The Morgan fingerprint density at radius 1 is 1.26 bits per heavy atom. The molecule has 0 unspecified atom stereocenters. The van der Waals surface area contributed by atoms with E-state index in [1.54, 1.807) is 11.1 Å². The molecule has 9 heteroatoms. The largest absolute Gasteiger partial charge is 0.323 e. The number of amides is 2. The highest BCUT2D eigenvalue weighted by atomic mass is 32.2. The topological polar surface area (TPSA) is 82.6 Å². The molecule has 146 valence electrons. The maximum Gasteiger partial charge on any atom is 0.323 e. The summed E-state index contributed by atoms with van der Waals surface area (Å²) in [5, 5.41) is 3.35. The Morgan fingerprint density at radius 2 is 2.00 bits per heavy atom. The second-order valence-electron chi connectivity index (χ2n) is 6.88. The number of carbonyl (C=O) groups is 1. The smallest absolute Gasteiger partial charge is 0.319 e. The zero-order valence-electron chi connectivity index (χ0n) is 15.5. The minimum atomic E-state index is -3.07. The van der Waals surface area contributed by atoms with Crippen LogP contribution in [-0.2, 0) is 9.84 Å². The van der Waals surface area contributed by atoms with Crippen LogP contribution in [0.25, 0.3) is 10.4 Å². The second kappa shape index (κ2) is 8.37. The number of aromatic nitrogens is 1. The van der Waals surface area contributed by atoms with Crippen molar-refractivity contribution in [1.82, 2.24) is 14.8 Å². The van der Waals surface area contributed by atoms with Crippen LogP contribution in [0.5, 0.6) is 0 Å². The summed E-state index contributed by atoms with van der Waals surface area (Å²) in [5.41, 5.74) is 1.04. The molecule has 2 heterocycles. The number of nitrogens with zero attached hydrogens (tertiary/aromatic N) is 3. The molecule has 1 N–H and O–H groups in total. The molecule has 2 amide bonds. The van der Waals surface area contributed by atoms with Gasteiger partial charge in [-0.25, -0.2) is 18.2 Å². The minimum absolute atomic E-state index is 0.0288. The van der Waals surface area contributed by atoms with Crippen LogP contribution in [0.1, 0.15) is 6.42 Å². The molecule has 0 aliphatic carbocycles. The summed E-state index contributed by atoms with van der Waals surface area (Å²) in [5.74, 6) is 0.166. The Hall–Kier alpha value is -1.97. The van der Waals surface area contributed by atoms with E-state index in [9.17, 15) is 13.2 Å². The molecule has 1 atom stereocenters. The fourth-order valence-electron chi connectivity index (χ4n) is 3.01. The van der Waals surface area contributed by atoms with Crippen LogP contribution < -0.4 is 5.32 Å². The monoisotopic (exact) mass is 408 g/mol. The maximum atomic E-state index is 12.8. The number of anilines is 1. The van der Waals surface area contributed by atoms with E-state index in [-0.39, 0.29) is 23.6 Å². The molecule has 1 aromatic heterocycles. The first-order valence-corrected chi connectivity index (χ1v) is 11.4. The highest BCUT2D eigenvalue weighted by Crippen LogP contribution is 2.29. The lowest BCUT2D eigenvalue weighted by molar-refractivity contribution is 0.186. The van der Waals surface area contributed by atoms with Crippen LogP contribution in [0.4, 0.5) is 9.93 Å². The van der Waals surface area contributed by atoms with Crippen LogP contribution in [-0.4, -0.2) is 74.0 Å². The molecule has 1 aliphatic rings. The van der Waals surface area contributed by atoms with Gasteiger partial charge in [0.05, 0.1) is 16.4 Å². The van der Waals surface area contributed by atoms with Crippen LogP contribution in [0.2, 0.25) is 0 Å². The molecule has 0 radical (unpaired) electrons. The van der Waals surface area contributed by atoms with Gasteiger partial charge in [0.25, 0.3) is 0 Å². The van der Waals surface area contributed by atoms with Gasteiger partial charge in [0.15, 0.2) is 15.0 Å². The van der Waals surface area contributed by atoms with Crippen molar-refractivity contribution in [2.24, 2.45) is 0 Å². The zero-order valence-corrected chi connectivity index (χ0v) is 17.1. The first-order chi connectivity index (χ1) is 12.8. The normalized spacial score (nSPS) is 18.6. The number of rotatable bonds is 6. The van der Waals surface area contributed by atoms with Gasteiger partial charge in [-0.05, 0) is 26.1 Å². The van der Waals surface area contributed by atoms with Crippen molar-refractivity contribution in [1.29, 1.82) is 0 Å². The fraction of sp³-hybridized carbons (Fsp3) is 0.444. The molecule has 27 heavy (non-hydrogen) atoms. The fourth-order valence-corrected chi connectivity index (χ4v) is 5.55. The molecule has 1 saturated heterocycles. The van der Waals surface area contributed by atoms with Gasteiger partial charge < -0.3 is 9.80 Å². The molecule has 2 aromatic rings. The van der Waals surface area contributed by atoms with Crippen LogP contribution >= 0.6 is 11.3 Å². The van der Waals surface area contributed by atoms with Crippen molar-refractivity contribution in [2.75, 3.05) is 44.0 Å². The van der Waals surface area contributed by atoms with E-state index < -0.39 is 9.84 Å². The summed E-state index contributed by atoms with van der Waals surface area (Å²) < 4.78 is 23.7. The molecule has 1 aliphatic heterocycles. The summed E-state index contributed by atoms with van der Waals surface area (Å²) in [6, 6.07) is 9.26. The first kappa shape index (κ1) is 19.8.